The van der Waals surface area contributed by atoms with Gasteiger partial charge >= 0.3 is 0 Å². The van der Waals surface area contributed by atoms with E-state index in [4.69, 9.17) is 5.73 Å². The van der Waals surface area contributed by atoms with E-state index in [1.54, 1.807) is 10.9 Å². The van der Waals surface area contributed by atoms with Gasteiger partial charge in [0.1, 0.15) is 4.90 Å². The topological polar surface area (TPSA) is 84.5 Å². The number of nitrogens with zero attached hydrogens (tertiary/aromatic N) is 4. The van der Waals surface area contributed by atoms with Crippen LogP contribution in [0.2, 0.25) is 0 Å². The molecule has 21 heavy (non-hydrogen) atoms. The molecular weight excluding hydrogens is 290 g/mol. The minimum Gasteiger partial charge on any atom is -0.330 e. The fourth-order valence-corrected chi connectivity index (χ4v) is 3.91. The first-order valence-corrected chi connectivity index (χ1v) is 8.66. The Balaban J connectivity index is 2.93. The highest BCUT2D eigenvalue weighted by molar-refractivity contribution is 7.89. The minimum absolute atomic E-state index is 0.0950. The van der Waals surface area contributed by atoms with E-state index in [1.807, 2.05) is 32.8 Å². The van der Waals surface area contributed by atoms with Crippen LogP contribution in [0.15, 0.2) is 17.3 Å². The average molecular weight is 317 g/mol. The van der Waals surface area contributed by atoms with E-state index in [-0.39, 0.29) is 10.9 Å². The van der Waals surface area contributed by atoms with Gasteiger partial charge in [0, 0.05) is 31.9 Å². The Morgan fingerprint density at radius 1 is 1.43 bits per heavy atom. The van der Waals surface area contributed by atoms with Crippen LogP contribution < -0.4 is 5.73 Å². The molecule has 122 valence electrons. The van der Waals surface area contributed by atoms with Crippen molar-refractivity contribution < 1.29 is 8.42 Å². The first-order valence-electron chi connectivity index (χ1n) is 7.22. The number of likely N-dealkylation sites (N-methyl/N-ethyl adjacent to an activating group) is 2. The van der Waals surface area contributed by atoms with Gasteiger partial charge in [-0.25, -0.2) is 8.42 Å². The van der Waals surface area contributed by atoms with Crippen LogP contribution in [0.4, 0.5) is 0 Å². The summed E-state index contributed by atoms with van der Waals surface area (Å²) in [5, 5.41) is 4.10. The molecule has 0 radical (unpaired) electrons. The average Bonchev–Trinajstić information content (AvgIpc) is 2.85. The van der Waals surface area contributed by atoms with Crippen molar-refractivity contribution in [2.75, 3.05) is 33.7 Å². The second kappa shape index (κ2) is 7.88. The molecule has 8 heteroatoms. The molecule has 1 rings (SSSR count). The molecule has 1 aromatic rings. The molecule has 2 N–H and O–H groups in total. The molecule has 0 saturated heterocycles. The molecular formula is C13H27N5O2S. The van der Waals surface area contributed by atoms with Crippen molar-refractivity contribution >= 4 is 10.0 Å². The lowest BCUT2D eigenvalue weighted by Crippen LogP contribution is -2.43. The van der Waals surface area contributed by atoms with Gasteiger partial charge in [-0.3, -0.25) is 4.68 Å². The van der Waals surface area contributed by atoms with E-state index in [0.29, 0.717) is 26.2 Å². The molecule has 0 aromatic carbocycles. The van der Waals surface area contributed by atoms with Crippen molar-refractivity contribution in [3.8, 4) is 0 Å². The van der Waals surface area contributed by atoms with Crippen molar-refractivity contribution in [1.82, 2.24) is 19.0 Å². The summed E-state index contributed by atoms with van der Waals surface area (Å²) < 4.78 is 28.5. The predicted molar refractivity (Wildman–Crippen MR) is 83.5 cm³/mol. The van der Waals surface area contributed by atoms with Gasteiger partial charge in [-0.05, 0) is 34.0 Å². The summed E-state index contributed by atoms with van der Waals surface area (Å²) in [7, 11) is 0.357. The molecule has 1 atom stereocenters. The molecule has 0 amide bonds. The van der Waals surface area contributed by atoms with E-state index in [2.05, 4.69) is 5.10 Å². The van der Waals surface area contributed by atoms with Crippen molar-refractivity contribution in [1.29, 1.82) is 0 Å². The van der Waals surface area contributed by atoms with Gasteiger partial charge in [-0.1, -0.05) is 6.92 Å². The molecule has 0 bridgehead atoms. The monoisotopic (exact) mass is 317 g/mol. The van der Waals surface area contributed by atoms with Crippen LogP contribution in [0.1, 0.15) is 20.3 Å². The first-order chi connectivity index (χ1) is 9.82. The zero-order valence-electron chi connectivity index (χ0n) is 13.4. The third-order valence-corrected chi connectivity index (χ3v) is 5.28. The zero-order valence-corrected chi connectivity index (χ0v) is 14.2. The molecule has 1 heterocycles. The molecule has 0 fully saturated rings. The second-order valence-electron chi connectivity index (χ2n) is 5.40. The SMILES string of the molecule is CCN(C(C)CN(C)C)S(=O)(=O)c1cnn(CCCN)c1. The molecule has 0 aliphatic heterocycles. The Bertz CT molecular complexity index is 526. The smallest absolute Gasteiger partial charge is 0.246 e. The van der Waals surface area contributed by atoms with E-state index in [9.17, 15) is 8.42 Å². The minimum atomic E-state index is -3.51. The van der Waals surface area contributed by atoms with E-state index >= 15 is 0 Å². The maximum atomic E-state index is 12.7. The van der Waals surface area contributed by atoms with Crippen molar-refractivity contribution in [3.05, 3.63) is 12.4 Å². The normalized spacial score (nSPS) is 14.0. The van der Waals surface area contributed by atoms with Gasteiger partial charge in [-0.15, -0.1) is 0 Å². The van der Waals surface area contributed by atoms with E-state index < -0.39 is 10.0 Å². The van der Waals surface area contributed by atoms with Gasteiger partial charge in [0.25, 0.3) is 0 Å². The molecule has 0 aliphatic rings. The molecule has 0 spiro atoms. The summed E-state index contributed by atoms with van der Waals surface area (Å²) in [6.07, 6.45) is 3.77. The number of hydrogen-bond acceptors (Lipinski definition) is 5. The maximum absolute atomic E-state index is 12.7. The summed E-state index contributed by atoms with van der Waals surface area (Å²) in [6, 6.07) is -0.0950. The largest absolute Gasteiger partial charge is 0.330 e. The van der Waals surface area contributed by atoms with E-state index in [1.165, 1.54) is 10.5 Å². The van der Waals surface area contributed by atoms with Crippen molar-refractivity contribution in [3.63, 3.8) is 0 Å². The van der Waals surface area contributed by atoms with Crippen LogP contribution in [0.3, 0.4) is 0 Å². The zero-order chi connectivity index (χ0) is 16.0. The Kier molecular flexibility index (Phi) is 6.79. The molecule has 0 saturated carbocycles. The summed E-state index contributed by atoms with van der Waals surface area (Å²) in [4.78, 5) is 2.22. The van der Waals surface area contributed by atoms with Gasteiger partial charge < -0.3 is 10.6 Å². The molecule has 1 aromatic heterocycles. The lowest BCUT2D eigenvalue weighted by atomic mass is 10.3. The van der Waals surface area contributed by atoms with E-state index in [0.717, 1.165) is 6.42 Å². The van der Waals surface area contributed by atoms with Crippen LogP contribution >= 0.6 is 0 Å². The summed E-state index contributed by atoms with van der Waals surface area (Å²) in [5.41, 5.74) is 5.45. The van der Waals surface area contributed by atoms with Crippen LogP contribution in [-0.4, -0.2) is 67.2 Å². The third kappa shape index (κ3) is 4.77. The van der Waals surface area contributed by atoms with Crippen LogP contribution in [0, 0.1) is 0 Å². The highest BCUT2D eigenvalue weighted by Crippen LogP contribution is 2.17. The van der Waals surface area contributed by atoms with Crippen molar-refractivity contribution in [2.24, 2.45) is 5.73 Å². The van der Waals surface area contributed by atoms with Crippen molar-refractivity contribution in [2.45, 2.75) is 37.8 Å². The van der Waals surface area contributed by atoms with Crippen LogP contribution in [0.25, 0.3) is 0 Å². The lowest BCUT2D eigenvalue weighted by Gasteiger charge is -2.28. The number of nitrogens with two attached hydrogens (primary N) is 1. The Hall–Kier alpha value is -0.960. The Morgan fingerprint density at radius 2 is 2.10 bits per heavy atom. The standard InChI is InChI=1S/C13H27N5O2S/c1-5-18(12(2)10-16(3)4)21(19,20)13-9-15-17(11-13)8-6-7-14/h9,11-12H,5-8,10,14H2,1-4H3. The van der Waals surface area contributed by atoms with Crippen LogP contribution in [0.5, 0.6) is 0 Å². The Labute approximate surface area is 127 Å². The number of sulfonamides is 1. The fraction of sp³-hybridized carbons (Fsp3) is 0.769. The number of aromatic nitrogens is 2. The predicted octanol–water partition coefficient (Wildman–Crippen LogP) is 0.193. The van der Waals surface area contributed by atoms with Gasteiger partial charge in [0.05, 0.1) is 6.20 Å². The maximum Gasteiger partial charge on any atom is 0.246 e. The van der Waals surface area contributed by atoms with Gasteiger partial charge in [0.15, 0.2) is 0 Å². The Morgan fingerprint density at radius 3 is 2.62 bits per heavy atom. The molecule has 7 nitrogen and oxygen atoms in total. The number of hydrogen-bond donors (Lipinski definition) is 1. The first kappa shape index (κ1) is 18.1. The highest BCUT2D eigenvalue weighted by atomic mass is 32.2. The molecule has 1 unspecified atom stereocenters. The second-order valence-corrected chi connectivity index (χ2v) is 7.29. The van der Waals surface area contributed by atoms with Crippen LogP contribution in [-0.2, 0) is 16.6 Å². The third-order valence-electron chi connectivity index (χ3n) is 3.24. The summed E-state index contributed by atoms with van der Waals surface area (Å²) >= 11 is 0. The highest BCUT2D eigenvalue weighted by Gasteiger charge is 2.29. The quantitative estimate of drug-likeness (QED) is 0.703. The number of aryl methyl sites for hydroxylation is 1. The lowest BCUT2D eigenvalue weighted by molar-refractivity contribution is 0.271. The number of rotatable bonds is 9. The fourth-order valence-electron chi connectivity index (χ4n) is 2.33. The van der Waals surface area contributed by atoms with Gasteiger partial charge in [-0.2, -0.15) is 9.40 Å². The molecule has 0 aliphatic carbocycles. The summed E-state index contributed by atoms with van der Waals surface area (Å²) in [6.45, 7) is 6.07. The van der Waals surface area contributed by atoms with Gasteiger partial charge in [0.2, 0.25) is 10.0 Å². The summed E-state index contributed by atoms with van der Waals surface area (Å²) in [5.74, 6) is 0.